The van der Waals surface area contributed by atoms with Crippen LogP contribution in [0, 0.1) is 11.6 Å². The van der Waals surface area contributed by atoms with Gasteiger partial charge in [0.15, 0.2) is 17.7 Å². The van der Waals surface area contributed by atoms with Crippen molar-refractivity contribution in [1.29, 1.82) is 0 Å². The molecule has 1 aromatic heterocycles. The van der Waals surface area contributed by atoms with Crippen LogP contribution in [0.15, 0.2) is 30.3 Å². The number of carboxylic acids is 1. The molecule has 1 atom stereocenters. The average Bonchev–Trinajstić information content (AvgIpc) is 3.07. The fraction of sp³-hybridized carbons (Fsp3) is 0.167. The Kier molecular flexibility index (Phi) is 4.64. The Morgan fingerprint density at radius 1 is 1.36 bits per heavy atom. The number of hydrogen-bond donors (Lipinski definition) is 1. The SMILES string of the molecule is O=C(O)CC1Oc2ccccc2N(Cc2nc3c(Cl)cc(F)c(F)c3s2)C1=O. The molecule has 0 saturated heterocycles. The Morgan fingerprint density at radius 2 is 2.11 bits per heavy atom. The van der Waals surface area contributed by atoms with E-state index in [1.54, 1.807) is 24.3 Å². The number of benzene rings is 2. The van der Waals surface area contributed by atoms with Gasteiger partial charge in [0.05, 0.1) is 28.4 Å². The van der Waals surface area contributed by atoms with E-state index in [1.807, 2.05) is 0 Å². The summed E-state index contributed by atoms with van der Waals surface area (Å²) in [5.74, 6) is -3.52. The highest BCUT2D eigenvalue weighted by molar-refractivity contribution is 7.18. The summed E-state index contributed by atoms with van der Waals surface area (Å²) in [5, 5.41) is 9.32. The lowest BCUT2D eigenvalue weighted by Crippen LogP contribution is -2.46. The van der Waals surface area contributed by atoms with Gasteiger partial charge in [-0.15, -0.1) is 11.3 Å². The first-order valence-electron chi connectivity index (χ1n) is 8.07. The number of carbonyl (C=O) groups is 2. The third-order valence-corrected chi connectivity index (χ3v) is 5.50. The summed E-state index contributed by atoms with van der Waals surface area (Å²) in [5.41, 5.74) is 0.544. The largest absolute Gasteiger partial charge is 0.481 e. The fourth-order valence-corrected chi connectivity index (χ4v) is 4.25. The van der Waals surface area contributed by atoms with Crippen LogP contribution >= 0.6 is 22.9 Å². The monoisotopic (exact) mass is 424 g/mol. The Morgan fingerprint density at radius 3 is 2.86 bits per heavy atom. The number of amides is 1. The van der Waals surface area contributed by atoms with Gasteiger partial charge in [0.2, 0.25) is 0 Å². The molecule has 0 radical (unpaired) electrons. The molecule has 0 bridgehead atoms. The van der Waals surface area contributed by atoms with Crippen LogP contribution in [0.25, 0.3) is 10.2 Å². The molecule has 4 rings (SSSR count). The molecule has 144 valence electrons. The van der Waals surface area contributed by atoms with Gasteiger partial charge in [-0.1, -0.05) is 23.7 Å². The van der Waals surface area contributed by atoms with Gasteiger partial charge in [0.1, 0.15) is 16.3 Å². The number of hydrogen-bond acceptors (Lipinski definition) is 5. The zero-order valence-corrected chi connectivity index (χ0v) is 15.6. The zero-order chi connectivity index (χ0) is 20.0. The van der Waals surface area contributed by atoms with Crippen LogP contribution in [0.1, 0.15) is 11.4 Å². The van der Waals surface area contributed by atoms with Crippen LogP contribution < -0.4 is 9.64 Å². The number of anilines is 1. The van der Waals surface area contributed by atoms with Crippen molar-refractivity contribution in [2.45, 2.75) is 19.1 Å². The number of ether oxygens (including phenoxy) is 1. The van der Waals surface area contributed by atoms with E-state index >= 15 is 0 Å². The van der Waals surface area contributed by atoms with Gasteiger partial charge in [-0.3, -0.25) is 14.5 Å². The normalized spacial score (nSPS) is 16.2. The lowest BCUT2D eigenvalue weighted by atomic mass is 10.1. The number of aromatic nitrogens is 1. The second-order valence-corrected chi connectivity index (χ2v) is 7.53. The van der Waals surface area contributed by atoms with Crippen molar-refractivity contribution in [1.82, 2.24) is 4.98 Å². The molecule has 1 amide bonds. The Bertz CT molecular complexity index is 1120. The number of fused-ring (bicyclic) bond motifs is 2. The number of aliphatic carboxylic acids is 1. The van der Waals surface area contributed by atoms with Crippen molar-refractivity contribution in [3.05, 3.63) is 52.0 Å². The maximum atomic E-state index is 14.1. The molecule has 1 aliphatic rings. The summed E-state index contributed by atoms with van der Waals surface area (Å²) in [6.45, 7) is -0.0634. The lowest BCUT2D eigenvalue weighted by Gasteiger charge is -2.33. The third-order valence-electron chi connectivity index (χ3n) is 4.18. The fourth-order valence-electron chi connectivity index (χ4n) is 2.96. The lowest BCUT2D eigenvalue weighted by molar-refractivity contribution is -0.142. The van der Waals surface area contributed by atoms with Crippen LogP contribution in [-0.2, 0) is 16.1 Å². The summed E-state index contributed by atoms with van der Waals surface area (Å²) in [6, 6.07) is 7.50. The summed E-state index contributed by atoms with van der Waals surface area (Å²) in [4.78, 5) is 29.4. The molecule has 0 aliphatic carbocycles. The molecular formula is C18H11ClF2N2O4S. The molecule has 1 unspecified atom stereocenters. The Labute approximate surface area is 165 Å². The molecule has 1 aliphatic heterocycles. The van der Waals surface area contributed by atoms with Crippen LogP contribution in [0.4, 0.5) is 14.5 Å². The molecule has 0 spiro atoms. The van der Waals surface area contributed by atoms with Crippen molar-refractivity contribution >= 4 is 50.7 Å². The number of thiazole rings is 1. The molecule has 1 N–H and O–H groups in total. The highest BCUT2D eigenvalue weighted by Crippen LogP contribution is 2.37. The van der Waals surface area contributed by atoms with Crippen molar-refractivity contribution in [3.63, 3.8) is 0 Å². The second-order valence-electron chi connectivity index (χ2n) is 6.04. The van der Waals surface area contributed by atoms with E-state index in [0.29, 0.717) is 16.4 Å². The molecule has 2 aromatic carbocycles. The second kappa shape index (κ2) is 6.99. The van der Waals surface area contributed by atoms with Crippen molar-refractivity contribution in [2.24, 2.45) is 0 Å². The molecule has 6 nitrogen and oxygen atoms in total. The first-order valence-corrected chi connectivity index (χ1v) is 9.26. The number of nitrogens with zero attached hydrogens (tertiary/aromatic N) is 2. The quantitative estimate of drug-likeness (QED) is 0.640. The Balaban J connectivity index is 1.74. The predicted octanol–water partition coefficient (Wildman–Crippen LogP) is 4.00. The van der Waals surface area contributed by atoms with Gasteiger partial charge in [0.25, 0.3) is 5.91 Å². The van der Waals surface area contributed by atoms with Crippen molar-refractivity contribution < 1.29 is 28.2 Å². The van der Waals surface area contributed by atoms with E-state index in [-0.39, 0.29) is 21.8 Å². The average molecular weight is 425 g/mol. The maximum Gasteiger partial charge on any atom is 0.307 e. The van der Waals surface area contributed by atoms with E-state index in [9.17, 15) is 18.4 Å². The first-order chi connectivity index (χ1) is 13.3. The molecule has 28 heavy (non-hydrogen) atoms. The van der Waals surface area contributed by atoms with E-state index in [1.165, 1.54) is 4.90 Å². The van der Waals surface area contributed by atoms with Gasteiger partial charge >= 0.3 is 5.97 Å². The van der Waals surface area contributed by atoms with Gasteiger partial charge in [-0.25, -0.2) is 13.8 Å². The van der Waals surface area contributed by atoms with Gasteiger partial charge in [-0.2, -0.15) is 0 Å². The van der Waals surface area contributed by atoms with E-state index < -0.39 is 36.0 Å². The van der Waals surface area contributed by atoms with Crippen LogP contribution in [0.2, 0.25) is 5.02 Å². The molecule has 10 heteroatoms. The van der Waals surface area contributed by atoms with E-state index in [2.05, 4.69) is 4.98 Å². The molecular weight excluding hydrogens is 414 g/mol. The summed E-state index contributed by atoms with van der Waals surface area (Å²) in [7, 11) is 0. The molecule has 2 heterocycles. The zero-order valence-electron chi connectivity index (χ0n) is 14.0. The van der Waals surface area contributed by atoms with Gasteiger partial charge < -0.3 is 9.84 Å². The van der Waals surface area contributed by atoms with E-state index in [0.717, 1.165) is 17.4 Å². The maximum absolute atomic E-state index is 14.1. The third kappa shape index (κ3) is 3.16. The van der Waals surface area contributed by atoms with E-state index in [4.69, 9.17) is 21.4 Å². The van der Waals surface area contributed by atoms with Crippen molar-refractivity contribution in [3.8, 4) is 5.75 Å². The smallest absolute Gasteiger partial charge is 0.307 e. The van der Waals surface area contributed by atoms with Crippen LogP contribution in [-0.4, -0.2) is 28.1 Å². The number of rotatable bonds is 4. The van der Waals surface area contributed by atoms with Gasteiger partial charge in [-0.05, 0) is 18.2 Å². The standard InChI is InChI=1S/C18H11ClF2N2O4S/c19-8-5-9(20)15(21)17-16(8)22-13(28-17)7-23-10-3-1-2-4-11(10)27-12(18(23)26)6-14(24)25/h1-5,12H,6-7H2,(H,24,25). The van der Waals surface area contributed by atoms with Crippen LogP contribution in [0.3, 0.4) is 0 Å². The van der Waals surface area contributed by atoms with Crippen molar-refractivity contribution in [2.75, 3.05) is 4.90 Å². The summed E-state index contributed by atoms with van der Waals surface area (Å²) in [6.07, 6.45) is -1.70. The first kappa shape index (κ1) is 18.6. The summed E-state index contributed by atoms with van der Waals surface area (Å²) >= 11 is 6.83. The topological polar surface area (TPSA) is 79.7 Å². The minimum atomic E-state index is -1.19. The minimum Gasteiger partial charge on any atom is -0.481 e. The molecule has 0 saturated carbocycles. The summed E-state index contributed by atoms with van der Waals surface area (Å²) < 4.78 is 33.1. The highest BCUT2D eigenvalue weighted by Gasteiger charge is 2.36. The number of carbonyl (C=O) groups excluding carboxylic acids is 1. The predicted molar refractivity (Wildman–Crippen MR) is 98.8 cm³/mol. The Hall–Kier alpha value is -2.78. The van der Waals surface area contributed by atoms with Crippen LogP contribution in [0.5, 0.6) is 5.75 Å². The number of carboxylic acid groups (broad SMARTS) is 1. The number of halogens is 3. The van der Waals surface area contributed by atoms with Gasteiger partial charge in [0, 0.05) is 0 Å². The minimum absolute atomic E-state index is 0.0335. The number of para-hydroxylation sites is 2. The molecule has 3 aromatic rings. The molecule has 0 fully saturated rings. The highest BCUT2D eigenvalue weighted by atomic mass is 35.5.